The molecule has 0 aromatic heterocycles. The van der Waals surface area contributed by atoms with Crippen molar-refractivity contribution in [3.05, 3.63) is 17.7 Å². The van der Waals surface area contributed by atoms with Gasteiger partial charge in [-0.2, -0.15) is 0 Å². The van der Waals surface area contributed by atoms with E-state index < -0.39 is 11.5 Å². The number of benzene rings is 1. The van der Waals surface area contributed by atoms with E-state index in [1.54, 1.807) is 0 Å². The lowest BCUT2D eigenvalue weighted by Gasteiger charge is -2.06. The predicted octanol–water partition coefficient (Wildman–Crippen LogP) is 0.484. The molecule has 5 heteroatoms. The fourth-order valence-corrected chi connectivity index (χ4v) is 1.01. The van der Waals surface area contributed by atoms with Gasteiger partial charge in [-0.05, 0) is 19.1 Å². The van der Waals surface area contributed by atoms with Crippen molar-refractivity contribution in [2.75, 3.05) is 7.11 Å². The van der Waals surface area contributed by atoms with Crippen molar-refractivity contribution in [3.8, 4) is 17.2 Å². The van der Waals surface area contributed by atoms with Crippen molar-refractivity contribution >= 4 is 5.78 Å². The van der Waals surface area contributed by atoms with Gasteiger partial charge in [-0.25, -0.2) is 0 Å². The number of phenolic OH excluding ortho intramolecular Hbond substituents is 2. The van der Waals surface area contributed by atoms with Crippen LogP contribution in [-0.2, 0) is 0 Å². The lowest BCUT2D eigenvalue weighted by Crippen LogP contribution is -1.94. The highest BCUT2D eigenvalue weighted by Crippen LogP contribution is 2.37. The molecule has 14 heavy (non-hydrogen) atoms. The maximum atomic E-state index is 10.9. The minimum Gasteiger partial charge on any atom is -0.504 e. The number of hydrogen-bond donors (Lipinski definition) is 2. The minimum atomic E-state index is -0.438. The smallest absolute Gasteiger partial charge is 0.201 e. The Balaban J connectivity index is 0.00000169. The van der Waals surface area contributed by atoms with Gasteiger partial charge in [0.15, 0.2) is 17.3 Å². The summed E-state index contributed by atoms with van der Waals surface area (Å²) in [5.74, 6) is -1.01. The summed E-state index contributed by atoms with van der Waals surface area (Å²) in [6.45, 7) is 1.31. The highest BCUT2D eigenvalue weighted by Gasteiger charge is 2.14. The maximum Gasteiger partial charge on any atom is 0.201 e. The summed E-state index contributed by atoms with van der Waals surface area (Å²) < 4.78 is 4.74. The molecule has 0 heterocycles. The molecule has 1 aromatic carbocycles. The molecule has 5 nitrogen and oxygen atoms in total. The van der Waals surface area contributed by atoms with E-state index in [2.05, 4.69) is 0 Å². The van der Waals surface area contributed by atoms with E-state index in [4.69, 9.17) is 4.74 Å². The molecule has 0 fully saturated rings. The van der Waals surface area contributed by atoms with Gasteiger partial charge < -0.3 is 20.4 Å². The first kappa shape index (κ1) is 12.2. The standard InChI is InChI=1S/C9H10O4.H2O/c1-5(10)6-3-4-7(13-2)9(12)8(6)11;/h3-4,11-12H,1-2H3;1H2. The Bertz CT molecular complexity index is 345. The van der Waals surface area contributed by atoms with E-state index in [9.17, 15) is 15.0 Å². The summed E-state index contributed by atoms with van der Waals surface area (Å²) in [7, 11) is 1.36. The van der Waals surface area contributed by atoms with E-state index in [0.29, 0.717) is 0 Å². The first-order chi connectivity index (χ1) is 6.07. The molecular weight excluding hydrogens is 188 g/mol. The number of ketones is 1. The van der Waals surface area contributed by atoms with Crippen LogP contribution in [0.15, 0.2) is 12.1 Å². The van der Waals surface area contributed by atoms with Crippen LogP contribution < -0.4 is 4.74 Å². The summed E-state index contributed by atoms with van der Waals surface area (Å²) in [6.07, 6.45) is 0. The Morgan fingerprint density at radius 3 is 2.29 bits per heavy atom. The Kier molecular flexibility index (Phi) is 3.92. The van der Waals surface area contributed by atoms with E-state index >= 15 is 0 Å². The van der Waals surface area contributed by atoms with Crippen LogP contribution in [-0.4, -0.2) is 28.6 Å². The average molecular weight is 200 g/mol. The van der Waals surface area contributed by atoms with Crippen LogP contribution in [0.4, 0.5) is 0 Å². The quantitative estimate of drug-likeness (QED) is 0.536. The van der Waals surface area contributed by atoms with Gasteiger partial charge in [-0.15, -0.1) is 0 Å². The predicted molar refractivity (Wildman–Crippen MR) is 49.9 cm³/mol. The third-order valence-electron chi connectivity index (χ3n) is 1.71. The molecule has 0 aliphatic heterocycles. The average Bonchev–Trinajstić information content (AvgIpc) is 2.09. The van der Waals surface area contributed by atoms with Crippen LogP contribution in [0.2, 0.25) is 0 Å². The van der Waals surface area contributed by atoms with Crippen LogP contribution in [0.25, 0.3) is 0 Å². The number of hydrogen-bond acceptors (Lipinski definition) is 4. The zero-order valence-corrected chi connectivity index (χ0v) is 7.87. The van der Waals surface area contributed by atoms with Crippen molar-refractivity contribution in [2.45, 2.75) is 6.92 Å². The van der Waals surface area contributed by atoms with Gasteiger partial charge in [0.2, 0.25) is 5.75 Å². The zero-order chi connectivity index (χ0) is 10.0. The fraction of sp³-hybridized carbons (Fsp3) is 0.222. The van der Waals surface area contributed by atoms with Gasteiger partial charge in [0.05, 0.1) is 12.7 Å². The number of carbonyl (C=O) groups is 1. The second-order valence-corrected chi connectivity index (χ2v) is 2.57. The van der Waals surface area contributed by atoms with Crippen LogP contribution in [0, 0.1) is 0 Å². The van der Waals surface area contributed by atoms with Crippen molar-refractivity contribution < 1.29 is 25.2 Å². The number of phenols is 2. The molecule has 78 valence electrons. The lowest BCUT2D eigenvalue weighted by molar-refractivity contribution is 0.101. The minimum absolute atomic E-state index is 0. The maximum absolute atomic E-state index is 10.9. The largest absolute Gasteiger partial charge is 0.504 e. The molecule has 4 N–H and O–H groups in total. The van der Waals surface area contributed by atoms with Gasteiger partial charge in [0.25, 0.3) is 0 Å². The van der Waals surface area contributed by atoms with Crippen LogP contribution >= 0.6 is 0 Å². The summed E-state index contributed by atoms with van der Waals surface area (Å²) in [4.78, 5) is 10.9. The molecule has 0 unspecified atom stereocenters. The second-order valence-electron chi connectivity index (χ2n) is 2.57. The summed E-state index contributed by atoms with van der Waals surface area (Å²) in [5, 5.41) is 18.6. The molecule has 1 aromatic rings. The monoisotopic (exact) mass is 200 g/mol. The van der Waals surface area contributed by atoms with Gasteiger partial charge in [-0.1, -0.05) is 0 Å². The number of carbonyl (C=O) groups excluding carboxylic acids is 1. The van der Waals surface area contributed by atoms with E-state index in [0.717, 1.165) is 0 Å². The number of Topliss-reactive ketones (excluding diaryl/α,β-unsaturated/α-hetero) is 1. The third-order valence-corrected chi connectivity index (χ3v) is 1.71. The first-order valence-electron chi connectivity index (χ1n) is 3.67. The van der Waals surface area contributed by atoms with Gasteiger partial charge in [0, 0.05) is 0 Å². The van der Waals surface area contributed by atoms with Crippen LogP contribution in [0.3, 0.4) is 0 Å². The topological polar surface area (TPSA) is 98.3 Å². The molecule has 0 bridgehead atoms. The molecular formula is C9H12O5. The van der Waals surface area contributed by atoms with Crippen molar-refractivity contribution in [2.24, 2.45) is 0 Å². The molecule has 0 aliphatic rings. The SMILES string of the molecule is COc1ccc(C(C)=O)c(O)c1O.O. The van der Waals surface area contributed by atoms with E-state index in [-0.39, 0.29) is 22.6 Å². The fourth-order valence-electron chi connectivity index (χ4n) is 1.01. The number of rotatable bonds is 2. The van der Waals surface area contributed by atoms with Gasteiger partial charge in [-0.3, -0.25) is 4.79 Å². The van der Waals surface area contributed by atoms with Crippen molar-refractivity contribution in [3.63, 3.8) is 0 Å². The second kappa shape index (κ2) is 4.48. The molecule has 0 saturated heterocycles. The van der Waals surface area contributed by atoms with Gasteiger partial charge >= 0.3 is 0 Å². The Morgan fingerprint density at radius 2 is 1.86 bits per heavy atom. The molecule has 0 amide bonds. The highest BCUT2D eigenvalue weighted by atomic mass is 16.5. The summed E-state index contributed by atoms with van der Waals surface area (Å²) >= 11 is 0. The normalized spacial score (nSPS) is 9.00. The molecule has 0 radical (unpaired) electrons. The van der Waals surface area contributed by atoms with Gasteiger partial charge in [0.1, 0.15) is 0 Å². The summed E-state index contributed by atoms with van der Waals surface area (Å²) in [5.41, 5.74) is 0.0818. The van der Waals surface area contributed by atoms with E-state index in [1.165, 1.54) is 26.2 Å². The zero-order valence-electron chi connectivity index (χ0n) is 7.87. The molecule has 0 aliphatic carbocycles. The summed E-state index contributed by atoms with van der Waals surface area (Å²) in [6, 6.07) is 2.82. The Labute approximate surface area is 80.9 Å². The number of ether oxygens (including phenoxy) is 1. The lowest BCUT2D eigenvalue weighted by atomic mass is 10.1. The molecule has 0 spiro atoms. The number of aromatic hydroxyl groups is 2. The van der Waals surface area contributed by atoms with E-state index in [1.807, 2.05) is 0 Å². The van der Waals surface area contributed by atoms with Crippen molar-refractivity contribution in [1.82, 2.24) is 0 Å². The molecule has 0 saturated carbocycles. The molecule has 0 atom stereocenters. The number of methoxy groups -OCH3 is 1. The Hall–Kier alpha value is -1.75. The Morgan fingerprint density at radius 1 is 1.29 bits per heavy atom. The third kappa shape index (κ3) is 1.94. The van der Waals surface area contributed by atoms with Crippen LogP contribution in [0.1, 0.15) is 17.3 Å². The molecule has 1 rings (SSSR count). The highest BCUT2D eigenvalue weighted by molar-refractivity contribution is 5.97. The van der Waals surface area contributed by atoms with Crippen molar-refractivity contribution in [1.29, 1.82) is 0 Å². The van der Waals surface area contributed by atoms with Crippen LogP contribution in [0.5, 0.6) is 17.2 Å². The first-order valence-corrected chi connectivity index (χ1v) is 3.67.